The first kappa shape index (κ1) is 13.4. The third kappa shape index (κ3) is 3.24. The van der Waals surface area contributed by atoms with E-state index in [2.05, 4.69) is 10.2 Å². The van der Waals surface area contributed by atoms with Gasteiger partial charge in [-0.05, 0) is 38.6 Å². The third-order valence-corrected chi connectivity index (χ3v) is 3.65. The topological polar surface area (TPSA) is 32.3 Å². The molecule has 0 heterocycles. The lowest BCUT2D eigenvalue weighted by Gasteiger charge is -2.26. The molecule has 1 unspecified atom stereocenters. The predicted molar refractivity (Wildman–Crippen MR) is 73.6 cm³/mol. The third-order valence-electron chi connectivity index (χ3n) is 3.31. The molecule has 4 heteroatoms. The molecule has 0 aromatic heterocycles. The fraction of sp³-hybridized carbons (Fsp3) is 0.500. The maximum absolute atomic E-state index is 11.7. The van der Waals surface area contributed by atoms with Crippen LogP contribution < -0.4 is 5.32 Å². The smallest absolute Gasteiger partial charge is 0.223 e. The maximum Gasteiger partial charge on any atom is 0.223 e. The Labute approximate surface area is 113 Å². The second-order valence-corrected chi connectivity index (χ2v) is 5.43. The molecule has 1 aliphatic rings. The second-order valence-electron chi connectivity index (χ2n) is 5.02. The van der Waals surface area contributed by atoms with Gasteiger partial charge < -0.3 is 10.2 Å². The van der Waals surface area contributed by atoms with Crippen molar-refractivity contribution in [1.29, 1.82) is 0 Å². The average Bonchev–Trinajstić information content (AvgIpc) is 3.15. The second kappa shape index (κ2) is 5.72. The van der Waals surface area contributed by atoms with Crippen molar-refractivity contribution < 1.29 is 4.79 Å². The number of rotatable bonds is 5. The van der Waals surface area contributed by atoms with Gasteiger partial charge in [-0.15, -0.1) is 0 Å². The highest BCUT2D eigenvalue weighted by atomic mass is 35.5. The van der Waals surface area contributed by atoms with E-state index in [4.69, 9.17) is 11.6 Å². The summed E-state index contributed by atoms with van der Waals surface area (Å²) in [5, 5.41) is 3.76. The van der Waals surface area contributed by atoms with Crippen molar-refractivity contribution >= 4 is 17.5 Å². The van der Waals surface area contributed by atoms with Gasteiger partial charge in [0, 0.05) is 17.5 Å². The van der Waals surface area contributed by atoms with E-state index in [0.717, 1.165) is 23.4 Å². The minimum atomic E-state index is 0.112. The summed E-state index contributed by atoms with van der Waals surface area (Å²) < 4.78 is 0. The summed E-state index contributed by atoms with van der Waals surface area (Å²) in [7, 11) is 3.99. The summed E-state index contributed by atoms with van der Waals surface area (Å²) in [5.41, 5.74) is 1.06. The zero-order chi connectivity index (χ0) is 13.1. The first-order chi connectivity index (χ1) is 8.59. The van der Waals surface area contributed by atoms with Crippen LogP contribution in [-0.2, 0) is 4.79 Å². The van der Waals surface area contributed by atoms with E-state index in [9.17, 15) is 4.79 Å². The zero-order valence-electron chi connectivity index (χ0n) is 10.8. The highest BCUT2D eigenvalue weighted by Crippen LogP contribution is 2.29. The molecule has 2 rings (SSSR count). The Morgan fingerprint density at radius 2 is 2.11 bits per heavy atom. The molecule has 1 atom stereocenters. The Morgan fingerprint density at radius 1 is 1.44 bits per heavy atom. The van der Waals surface area contributed by atoms with Crippen molar-refractivity contribution in [3.63, 3.8) is 0 Å². The van der Waals surface area contributed by atoms with Crippen LogP contribution in [-0.4, -0.2) is 31.4 Å². The van der Waals surface area contributed by atoms with Crippen LogP contribution in [0.25, 0.3) is 0 Å². The van der Waals surface area contributed by atoms with E-state index in [-0.39, 0.29) is 17.9 Å². The first-order valence-corrected chi connectivity index (χ1v) is 6.66. The van der Waals surface area contributed by atoms with Gasteiger partial charge in [-0.1, -0.05) is 29.8 Å². The summed E-state index contributed by atoms with van der Waals surface area (Å²) in [4.78, 5) is 13.8. The van der Waals surface area contributed by atoms with E-state index in [1.807, 2.05) is 38.4 Å². The first-order valence-electron chi connectivity index (χ1n) is 6.28. The molecule has 1 saturated carbocycles. The van der Waals surface area contributed by atoms with Gasteiger partial charge in [0.1, 0.15) is 0 Å². The molecule has 0 saturated heterocycles. The monoisotopic (exact) mass is 266 g/mol. The number of likely N-dealkylation sites (N-methyl/N-ethyl adjacent to an activating group) is 1. The van der Waals surface area contributed by atoms with Gasteiger partial charge in [-0.3, -0.25) is 4.79 Å². The molecular formula is C14H19ClN2O. The van der Waals surface area contributed by atoms with Crippen molar-refractivity contribution in [2.75, 3.05) is 20.6 Å². The molecule has 3 nitrogen and oxygen atoms in total. The average molecular weight is 267 g/mol. The molecule has 1 aromatic rings. The fourth-order valence-electron chi connectivity index (χ4n) is 2.00. The van der Waals surface area contributed by atoms with Crippen LogP contribution in [0.15, 0.2) is 24.3 Å². The Morgan fingerprint density at radius 3 is 2.67 bits per heavy atom. The normalized spacial score (nSPS) is 16.7. The lowest BCUT2D eigenvalue weighted by atomic mass is 10.1. The number of amides is 1. The molecule has 0 spiro atoms. The van der Waals surface area contributed by atoms with Crippen LogP contribution >= 0.6 is 11.6 Å². The predicted octanol–water partition coefficient (Wildman–Crippen LogP) is 2.47. The molecule has 98 valence electrons. The highest BCUT2D eigenvalue weighted by Gasteiger charge is 2.30. The summed E-state index contributed by atoms with van der Waals surface area (Å²) >= 11 is 6.21. The Balaban J connectivity index is 2.03. The lowest BCUT2D eigenvalue weighted by Crippen LogP contribution is -2.35. The summed E-state index contributed by atoms with van der Waals surface area (Å²) in [6.45, 7) is 0.603. The van der Waals surface area contributed by atoms with E-state index >= 15 is 0 Å². The number of hydrogen-bond donors (Lipinski definition) is 1. The summed E-state index contributed by atoms with van der Waals surface area (Å²) in [6, 6.07) is 7.90. The molecule has 0 bridgehead atoms. The molecule has 1 N–H and O–H groups in total. The zero-order valence-corrected chi connectivity index (χ0v) is 11.6. The Bertz CT molecular complexity index is 430. The van der Waals surface area contributed by atoms with Gasteiger partial charge >= 0.3 is 0 Å². The van der Waals surface area contributed by atoms with Crippen molar-refractivity contribution in [2.45, 2.75) is 18.9 Å². The standard InChI is InChI=1S/C14H19ClN2O/c1-17(2)13(9-16-14(18)10-7-8-10)11-5-3-4-6-12(11)15/h3-6,10,13H,7-9H2,1-2H3,(H,16,18). The number of carbonyl (C=O) groups excluding carboxylic acids is 1. The Kier molecular flexibility index (Phi) is 4.25. The minimum absolute atomic E-state index is 0.112. The number of carbonyl (C=O) groups is 1. The number of nitrogens with zero attached hydrogens (tertiary/aromatic N) is 1. The molecular weight excluding hydrogens is 248 g/mol. The van der Waals surface area contributed by atoms with Crippen LogP contribution in [0.5, 0.6) is 0 Å². The molecule has 0 radical (unpaired) electrons. The van der Waals surface area contributed by atoms with Crippen LogP contribution in [0.4, 0.5) is 0 Å². The molecule has 1 amide bonds. The van der Waals surface area contributed by atoms with Crippen LogP contribution in [0, 0.1) is 5.92 Å². The van der Waals surface area contributed by atoms with Crippen molar-refractivity contribution in [3.05, 3.63) is 34.9 Å². The van der Waals surface area contributed by atoms with Crippen molar-refractivity contribution in [2.24, 2.45) is 5.92 Å². The van der Waals surface area contributed by atoms with Crippen molar-refractivity contribution in [1.82, 2.24) is 10.2 Å². The van der Waals surface area contributed by atoms with Gasteiger partial charge in [-0.2, -0.15) is 0 Å². The SMILES string of the molecule is CN(C)C(CNC(=O)C1CC1)c1ccccc1Cl. The van der Waals surface area contributed by atoms with Gasteiger partial charge in [-0.25, -0.2) is 0 Å². The van der Waals surface area contributed by atoms with Crippen LogP contribution in [0.3, 0.4) is 0 Å². The molecule has 1 aromatic carbocycles. The largest absolute Gasteiger partial charge is 0.354 e. The number of benzene rings is 1. The molecule has 1 fully saturated rings. The van der Waals surface area contributed by atoms with Gasteiger partial charge in [0.25, 0.3) is 0 Å². The van der Waals surface area contributed by atoms with Gasteiger partial charge in [0.2, 0.25) is 5.91 Å². The quantitative estimate of drug-likeness (QED) is 0.888. The summed E-state index contributed by atoms with van der Waals surface area (Å²) in [5.74, 6) is 0.424. The van der Waals surface area contributed by atoms with Crippen LogP contribution in [0.1, 0.15) is 24.4 Å². The summed E-state index contributed by atoms with van der Waals surface area (Å²) in [6.07, 6.45) is 2.06. The maximum atomic E-state index is 11.7. The molecule has 0 aliphatic heterocycles. The molecule has 1 aliphatic carbocycles. The van der Waals surface area contributed by atoms with Crippen LogP contribution in [0.2, 0.25) is 5.02 Å². The number of hydrogen-bond acceptors (Lipinski definition) is 2. The number of nitrogens with one attached hydrogen (secondary N) is 1. The minimum Gasteiger partial charge on any atom is -0.354 e. The highest BCUT2D eigenvalue weighted by molar-refractivity contribution is 6.31. The van der Waals surface area contributed by atoms with E-state index in [0.29, 0.717) is 6.54 Å². The van der Waals surface area contributed by atoms with Gasteiger partial charge in [0.05, 0.1) is 6.04 Å². The van der Waals surface area contributed by atoms with Crippen molar-refractivity contribution in [3.8, 4) is 0 Å². The van der Waals surface area contributed by atoms with E-state index in [1.165, 1.54) is 0 Å². The van der Waals surface area contributed by atoms with E-state index < -0.39 is 0 Å². The Hall–Kier alpha value is -1.06. The lowest BCUT2D eigenvalue weighted by molar-refractivity contribution is -0.122. The number of halogens is 1. The van der Waals surface area contributed by atoms with Gasteiger partial charge in [0.15, 0.2) is 0 Å². The fourth-order valence-corrected chi connectivity index (χ4v) is 2.26. The molecule has 18 heavy (non-hydrogen) atoms. The van der Waals surface area contributed by atoms with E-state index in [1.54, 1.807) is 0 Å².